The first-order valence-corrected chi connectivity index (χ1v) is 8.94. The molecule has 0 saturated heterocycles. The minimum atomic E-state index is -0.242. The number of hydrogen-bond donors (Lipinski definition) is 3. The zero-order valence-corrected chi connectivity index (χ0v) is 14.6. The molecule has 0 aliphatic carbocycles. The smallest absolute Gasteiger partial charge is 0.315 e. The van der Waals surface area contributed by atoms with Crippen molar-refractivity contribution in [1.82, 2.24) is 16.0 Å². The lowest BCUT2D eigenvalue weighted by Gasteiger charge is -2.14. The van der Waals surface area contributed by atoms with Gasteiger partial charge in [-0.1, -0.05) is 30.3 Å². The van der Waals surface area contributed by atoms with E-state index in [-0.39, 0.29) is 24.4 Å². The molecular formula is C18H23N3O2S. The zero-order chi connectivity index (χ0) is 17.2. The van der Waals surface area contributed by atoms with Gasteiger partial charge in [0.2, 0.25) is 5.91 Å². The van der Waals surface area contributed by atoms with Gasteiger partial charge in [0.15, 0.2) is 0 Å². The van der Waals surface area contributed by atoms with E-state index in [2.05, 4.69) is 27.4 Å². The van der Waals surface area contributed by atoms with E-state index in [4.69, 9.17) is 0 Å². The van der Waals surface area contributed by atoms with Gasteiger partial charge in [0.1, 0.15) is 0 Å². The molecule has 0 bridgehead atoms. The Bertz CT molecular complexity index is 629. The van der Waals surface area contributed by atoms with Crippen LogP contribution in [0.3, 0.4) is 0 Å². The molecule has 0 unspecified atom stereocenters. The number of benzene rings is 1. The second-order valence-electron chi connectivity index (χ2n) is 5.65. The minimum Gasteiger partial charge on any atom is -0.352 e. The first kappa shape index (κ1) is 18.0. The van der Waals surface area contributed by atoms with E-state index >= 15 is 0 Å². The summed E-state index contributed by atoms with van der Waals surface area (Å²) >= 11 is 1.65. The van der Waals surface area contributed by atoms with Crippen LogP contribution in [0.4, 0.5) is 4.79 Å². The van der Waals surface area contributed by atoms with Gasteiger partial charge < -0.3 is 16.0 Å². The van der Waals surface area contributed by atoms with E-state index < -0.39 is 0 Å². The number of carbonyl (C=O) groups excluding carboxylic acids is 2. The molecule has 0 fully saturated rings. The predicted molar refractivity (Wildman–Crippen MR) is 96.9 cm³/mol. The van der Waals surface area contributed by atoms with Crippen LogP contribution < -0.4 is 16.0 Å². The van der Waals surface area contributed by atoms with Crippen LogP contribution in [0.1, 0.15) is 24.5 Å². The Hall–Kier alpha value is -2.34. The number of hydrogen-bond acceptors (Lipinski definition) is 3. The van der Waals surface area contributed by atoms with Crippen LogP contribution in [0.2, 0.25) is 0 Å². The monoisotopic (exact) mass is 345 g/mol. The van der Waals surface area contributed by atoms with Crippen molar-refractivity contribution in [2.45, 2.75) is 32.4 Å². The van der Waals surface area contributed by atoms with Crippen molar-refractivity contribution in [3.05, 3.63) is 58.3 Å². The van der Waals surface area contributed by atoms with E-state index in [1.807, 2.05) is 42.6 Å². The van der Waals surface area contributed by atoms with Gasteiger partial charge in [-0.3, -0.25) is 4.79 Å². The number of urea groups is 1. The van der Waals surface area contributed by atoms with E-state index in [1.54, 1.807) is 11.3 Å². The molecule has 3 N–H and O–H groups in total. The van der Waals surface area contributed by atoms with Crippen LogP contribution >= 0.6 is 11.3 Å². The number of carbonyl (C=O) groups is 2. The molecule has 1 heterocycles. The van der Waals surface area contributed by atoms with Crippen molar-refractivity contribution >= 4 is 23.3 Å². The maximum absolute atomic E-state index is 11.8. The Morgan fingerprint density at radius 1 is 1.08 bits per heavy atom. The summed E-state index contributed by atoms with van der Waals surface area (Å²) in [5.74, 6) is -0.0783. The molecule has 6 heteroatoms. The average molecular weight is 345 g/mol. The number of rotatable bonds is 8. The lowest BCUT2D eigenvalue weighted by Crippen LogP contribution is -2.42. The van der Waals surface area contributed by atoms with Crippen molar-refractivity contribution < 1.29 is 9.59 Å². The van der Waals surface area contributed by atoms with E-state index in [0.717, 1.165) is 12.0 Å². The van der Waals surface area contributed by atoms with Crippen LogP contribution in [0.15, 0.2) is 47.2 Å². The fourth-order valence-corrected chi connectivity index (χ4v) is 2.94. The molecule has 0 aliphatic rings. The van der Waals surface area contributed by atoms with Crippen molar-refractivity contribution in [2.75, 3.05) is 6.54 Å². The first-order chi connectivity index (χ1) is 11.6. The Kier molecular flexibility index (Phi) is 7.29. The normalized spacial score (nSPS) is 11.5. The SMILES string of the molecule is C[C@H](Cc1ccsc1)NC(=O)NCCC(=O)NCc1ccccc1. The molecule has 1 atom stereocenters. The number of nitrogens with one attached hydrogen (secondary N) is 3. The molecule has 0 aliphatic heterocycles. The highest BCUT2D eigenvalue weighted by Crippen LogP contribution is 2.08. The Morgan fingerprint density at radius 3 is 2.58 bits per heavy atom. The predicted octanol–water partition coefficient (Wildman–Crippen LogP) is 2.68. The molecule has 1 aromatic carbocycles. The maximum Gasteiger partial charge on any atom is 0.315 e. The maximum atomic E-state index is 11.8. The third kappa shape index (κ3) is 6.83. The molecule has 3 amide bonds. The van der Waals surface area contributed by atoms with Crippen LogP contribution in [0.5, 0.6) is 0 Å². The van der Waals surface area contributed by atoms with Crippen LogP contribution in [0.25, 0.3) is 0 Å². The van der Waals surface area contributed by atoms with Crippen molar-refractivity contribution in [3.8, 4) is 0 Å². The van der Waals surface area contributed by atoms with Gasteiger partial charge in [0.25, 0.3) is 0 Å². The molecular weight excluding hydrogens is 322 g/mol. The van der Waals surface area contributed by atoms with Gasteiger partial charge in [-0.2, -0.15) is 11.3 Å². The summed E-state index contributed by atoms with van der Waals surface area (Å²) < 4.78 is 0. The lowest BCUT2D eigenvalue weighted by atomic mass is 10.1. The standard InChI is InChI=1S/C18H23N3O2S/c1-14(11-16-8-10-24-13-16)21-18(23)19-9-7-17(22)20-12-15-5-3-2-4-6-15/h2-6,8,10,13-14H,7,9,11-12H2,1H3,(H,20,22)(H2,19,21,23)/t14-/m1/s1. The quantitative estimate of drug-likeness (QED) is 0.688. The summed E-state index contributed by atoms with van der Waals surface area (Å²) in [7, 11) is 0. The molecule has 128 valence electrons. The molecule has 0 spiro atoms. The first-order valence-electron chi connectivity index (χ1n) is 7.99. The molecule has 2 rings (SSSR count). The minimum absolute atomic E-state index is 0.0477. The summed E-state index contributed by atoms with van der Waals surface area (Å²) in [6.07, 6.45) is 1.06. The van der Waals surface area contributed by atoms with E-state index in [0.29, 0.717) is 13.1 Å². The van der Waals surface area contributed by atoms with Gasteiger partial charge in [0.05, 0.1) is 0 Å². The van der Waals surface area contributed by atoms with Gasteiger partial charge in [-0.25, -0.2) is 4.79 Å². The van der Waals surface area contributed by atoms with Gasteiger partial charge in [0, 0.05) is 25.6 Å². The molecule has 0 radical (unpaired) electrons. The summed E-state index contributed by atoms with van der Waals surface area (Å²) in [5, 5.41) is 12.5. The summed E-state index contributed by atoms with van der Waals surface area (Å²) in [6, 6.07) is 11.6. The number of amides is 3. The summed E-state index contributed by atoms with van der Waals surface area (Å²) in [5.41, 5.74) is 2.27. The Labute approximate surface area is 146 Å². The third-order valence-electron chi connectivity index (χ3n) is 3.47. The van der Waals surface area contributed by atoms with Gasteiger partial charge in [-0.05, 0) is 41.3 Å². The molecule has 0 saturated carbocycles. The van der Waals surface area contributed by atoms with Crippen molar-refractivity contribution in [1.29, 1.82) is 0 Å². The molecule has 24 heavy (non-hydrogen) atoms. The Balaban J connectivity index is 1.57. The summed E-state index contributed by atoms with van der Waals surface area (Å²) in [4.78, 5) is 23.5. The van der Waals surface area contributed by atoms with E-state index in [9.17, 15) is 9.59 Å². The molecule has 2 aromatic rings. The third-order valence-corrected chi connectivity index (χ3v) is 4.20. The van der Waals surface area contributed by atoms with Crippen molar-refractivity contribution in [2.24, 2.45) is 0 Å². The van der Waals surface area contributed by atoms with Crippen molar-refractivity contribution in [3.63, 3.8) is 0 Å². The summed E-state index contributed by atoms with van der Waals surface area (Å²) in [6.45, 7) is 2.78. The van der Waals surface area contributed by atoms with Crippen LogP contribution in [0, 0.1) is 0 Å². The Morgan fingerprint density at radius 2 is 1.88 bits per heavy atom. The molecule has 1 aromatic heterocycles. The highest BCUT2D eigenvalue weighted by Gasteiger charge is 2.08. The average Bonchev–Trinajstić information content (AvgIpc) is 3.06. The highest BCUT2D eigenvalue weighted by atomic mass is 32.1. The van der Waals surface area contributed by atoms with Gasteiger partial charge >= 0.3 is 6.03 Å². The number of thiophene rings is 1. The van der Waals surface area contributed by atoms with Gasteiger partial charge in [-0.15, -0.1) is 0 Å². The van der Waals surface area contributed by atoms with Crippen LogP contribution in [-0.4, -0.2) is 24.5 Å². The second kappa shape index (κ2) is 9.72. The lowest BCUT2D eigenvalue weighted by molar-refractivity contribution is -0.121. The molecule has 5 nitrogen and oxygen atoms in total. The fourth-order valence-electron chi connectivity index (χ4n) is 2.26. The topological polar surface area (TPSA) is 70.2 Å². The van der Waals surface area contributed by atoms with E-state index in [1.165, 1.54) is 5.56 Å². The highest BCUT2D eigenvalue weighted by molar-refractivity contribution is 7.07. The second-order valence-corrected chi connectivity index (χ2v) is 6.43. The zero-order valence-electron chi connectivity index (χ0n) is 13.7. The largest absolute Gasteiger partial charge is 0.352 e. The van der Waals surface area contributed by atoms with Crippen LogP contribution in [-0.2, 0) is 17.8 Å². The fraction of sp³-hybridized carbons (Fsp3) is 0.333.